The number of ether oxygens (including phenoxy) is 2. The van der Waals surface area contributed by atoms with E-state index in [2.05, 4.69) is 15.4 Å². The van der Waals surface area contributed by atoms with E-state index in [1.54, 1.807) is 30.3 Å². The highest BCUT2D eigenvalue weighted by Crippen LogP contribution is 2.38. The first kappa shape index (κ1) is 30.6. The highest BCUT2D eigenvalue weighted by atomic mass is 32.2. The van der Waals surface area contributed by atoms with Crippen LogP contribution in [0, 0.1) is 5.82 Å². The summed E-state index contributed by atoms with van der Waals surface area (Å²) in [5.74, 6) is -0.900. The number of nitrogens with zero attached hydrogens (tertiary/aromatic N) is 1. The summed E-state index contributed by atoms with van der Waals surface area (Å²) < 4.78 is 53.0. The minimum atomic E-state index is -4.16. The van der Waals surface area contributed by atoms with Gasteiger partial charge in [-0.05, 0) is 53.1 Å². The Kier molecular flexibility index (Phi) is 9.15. The van der Waals surface area contributed by atoms with Crippen molar-refractivity contribution in [1.82, 2.24) is 5.32 Å². The van der Waals surface area contributed by atoms with Crippen LogP contribution in [0.5, 0.6) is 5.75 Å². The molecule has 228 valence electrons. The second-order valence-corrected chi connectivity index (χ2v) is 12.0. The number of anilines is 2. The molecule has 0 radical (unpaired) electrons. The molecule has 11 heteroatoms. The molecule has 5 rings (SSSR count). The normalized spacial score (nSPS) is 14.1. The molecule has 0 fully saturated rings. The molecule has 4 aromatic rings. The number of para-hydroxylation sites is 2. The number of halogens is 1. The summed E-state index contributed by atoms with van der Waals surface area (Å²) in [6.45, 7) is 0.503. The first-order valence-corrected chi connectivity index (χ1v) is 15.4. The molecule has 0 saturated carbocycles. The van der Waals surface area contributed by atoms with Crippen molar-refractivity contribution in [2.24, 2.45) is 0 Å². The van der Waals surface area contributed by atoms with Crippen molar-refractivity contribution in [3.05, 3.63) is 108 Å². The van der Waals surface area contributed by atoms with E-state index in [4.69, 9.17) is 4.74 Å². The van der Waals surface area contributed by atoms with Crippen molar-refractivity contribution < 1.29 is 31.9 Å². The Morgan fingerprint density at radius 2 is 1.68 bits per heavy atom. The van der Waals surface area contributed by atoms with Crippen molar-refractivity contribution in [2.75, 3.05) is 30.4 Å². The van der Waals surface area contributed by atoms with Crippen LogP contribution in [-0.2, 0) is 37.3 Å². The summed E-state index contributed by atoms with van der Waals surface area (Å²) in [5.41, 5.74) is 3.98. The average Bonchev–Trinajstić information content (AvgIpc) is 3.45. The van der Waals surface area contributed by atoms with Crippen molar-refractivity contribution in [1.29, 1.82) is 0 Å². The van der Waals surface area contributed by atoms with Crippen LogP contribution < -0.4 is 19.7 Å². The first-order valence-electron chi connectivity index (χ1n) is 14.0. The number of hydrogen-bond donors (Lipinski definition) is 2. The topological polar surface area (TPSA) is 114 Å². The van der Waals surface area contributed by atoms with Gasteiger partial charge in [-0.15, -0.1) is 0 Å². The van der Waals surface area contributed by atoms with Crippen LogP contribution in [0.3, 0.4) is 0 Å². The standard InChI is InChI=1S/C33H32FN3O6S/c1-42-31-20-25(34)13-16-27(31)22-11-14-26(15-12-22)44(40,41)37-29-10-6-4-7-23(29)19-30(37)33(39)36-21-24-8-3-5-9-28(24)35-18-17-32(38)43-2/h3-16,20,30,35H,17-19,21H2,1-2H3,(H,36,39)/t30-/m0/s1. The lowest BCUT2D eigenvalue weighted by Crippen LogP contribution is -2.47. The molecule has 44 heavy (non-hydrogen) atoms. The molecule has 1 aliphatic heterocycles. The predicted molar refractivity (Wildman–Crippen MR) is 165 cm³/mol. The monoisotopic (exact) mass is 617 g/mol. The summed E-state index contributed by atoms with van der Waals surface area (Å²) in [6, 6.07) is 23.8. The fourth-order valence-corrected chi connectivity index (χ4v) is 6.88. The summed E-state index contributed by atoms with van der Waals surface area (Å²) in [5, 5.41) is 6.09. The molecule has 1 heterocycles. The molecule has 2 N–H and O–H groups in total. The number of esters is 1. The lowest BCUT2D eigenvalue weighted by molar-refractivity contribution is -0.140. The molecule has 4 aromatic carbocycles. The van der Waals surface area contributed by atoms with E-state index in [1.165, 1.54) is 42.8 Å². The van der Waals surface area contributed by atoms with E-state index in [0.29, 0.717) is 29.1 Å². The number of carbonyl (C=O) groups excluding carboxylic acids is 2. The quantitative estimate of drug-likeness (QED) is 0.230. The Morgan fingerprint density at radius 1 is 0.955 bits per heavy atom. The molecule has 0 aromatic heterocycles. The van der Waals surface area contributed by atoms with Gasteiger partial charge in [0.15, 0.2) is 0 Å². The number of fused-ring (bicyclic) bond motifs is 1. The van der Waals surface area contributed by atoms with Crippen LogP contribution in [0.4, 0.5) is 15.8 Å². The minimum absolute atomic E-state index is 0.0111. The van der Waals surface area contributed by atoms with Gasteiger partial charge in [0.25, 0.3) is 10.0 Å². The average molecular weight is 618 g/mol. The lowest BCUT2D eigenvalue weighted by atomic mass is 10.0. The Labute approximate surface area is 255 Å². The van der Waals surface area contributed by atoms with Gasteiger partial charge in [-0.2, -0.15) is 0 Å². The van der Waals surface area contributed by atoms with Crippen molar-refractivity contribution >= 4 is 33.3 Å². The molecule has 1 atom stereocenters. The molecular formula is C33H32FN3O6S. The van der Waals surface area contributed by atoms with Crippen LogP contribution >= 0.6 is 0 Å². The van der Waals surface area contributed by atoms with Gasteiger partial charge in [-0.25, -0.2) is 12.8 Å². The zero-order valence-corrected chi connectivity index (χ0v) is 25.1. The van der Waals surface area contributed by atoms with Gasteiger partial charge in [0.05, 0.1) is 31.2 Å². The molecule has 0 saturated heterocycles. The van der Waals surface area contributed by atoms with Crippen LogP contribution in [0.25, 0.3) is 11.1 Å². The second-order valence-electron chi connectivity index (χ2n) is 10.1. The minimum Gasteiger partial charge on any atom is -0.496 e. The highest BCUT2D eigenvalue weighted by molar-refractivity contribution is 7.93. The van der Waals surface area contributed by atoms with Crippen LogP contribution in [0.2, 0.25) is 0 Å². The van der Waals surface area contributed by atoms with E-state index in [-0.39, 0.29) is 30.3 Å². The van der Waals surface area contributed by atoms with Gasteiger partial charge in [-0.1, -0.05) is 48.5 Å². The van der Waals surface area contributed by atoms with Gasteiger partial charge in [0, 0.05) is 36.8 Å². The van der Waals surface area contributed by atoms with Crippen LogP contribution in [0.1, 0.15) is 17.5 Å². The van der Waals surface area contributed by atoms with Crippen molar-refractivity contribution in [3.63, 3.8) is 0 Å². The fraction of sp³-hybridized carbons (Fsp3) is 0.212. The van der Waals surface area contributed by atoms with E-state index >= 15 is 0 Å². The lowest BCUT2D eigenvalue weighted by Gasteiger charge is -2.26. The summed E-state index contributed by atoms with van der Waals surface area (Å²) in [6.07, 6.45) is 0.397. The van der Waals surface area contributed by atoms with Gasteiger partial charge >= 0.3 is 5.97 Å². The maximum atomic E-state index is 14.1. The zero-order chi connectivity index (χ0) is 31.3. The Morgan fingerprint density at radius 3 is 2.43 bits per heavy atom. The molecule has 1 aliphatic rings. The summed E-state index contributed by atoms with van der Waals surface area (Å²) in [4.78, 5) is 25.1. The number of methoxy groups -OCH3 is 2. The van der Waals surface area contributed by atoms with Gasteiger partial charge in [0.1, 0.15) is 17.6 Å². The number of sulfonamides is 1. The number of carbonyl (C=O) groups is 2. The third-order valence-electron chi connectivity index (χ3n) is 7.46. The summed E-state index contributed by atoms with van der Waals surface area (Å²) >= 11 is 0. The highest BCUT2D eigenvalue weighted by Gasteiger charge is 2.42. The molecule has 0 bridgehead atoms. The zero-order valence-electron chi connectivity index (χ0n) is 24.2. The van der Waals surface area contributed by atoms with E-state index in [0.717, 1.165) is 16.8 Å². The third kappa shape index (κ3) is 6.37. The number of benzene rings is 4. The maximum Gasteiger partial charge on any atom is 0.307 e. The first-order chi connectivity index (χ1) is 21.2. The molecular weight excluding hydrogens is 585 g/mol. The molecule has 1 amide bonds. The Balaban J connectivity index is 1.37. The van der Waals surface area contributed by atoms with Gasteiger partial charge < -0.3 is 20.1 Å². The molecule has 9 nitrogen and oxygen atoms in total. The Hall–Kier alpha value is -4.90. The summed E-state index contributed by atoms with van der Waals surface area (Å²) in [7, 11) is -1.39. The van der Waals surface area contributed by atoms with E-state index in [9.17, 15) is 22.4 Å². The van der Waals surface area contributed by atoms with Crippen molar-refractivity contribution in [3.8, 4) is 16.9 Å². The number of rotatable bonds is 11. The number of amides is 1. The maximum absolute atomic E-state index is 14.1. The second kappa shape index (κ2) is 13.2. The number of nitrogens with one attached hydrogen (secondary N) is 2. The van der Waals surface area contributed by atoms with Crippen LogP contribution in [0.15, 0.2) is 95.9 Å². The predicted octanol–water partition coefficient (Wildman–Crippen LogP) is 4.91. The number of hydrogen-bond acceptors (Lipinski definition) is 7. The van der Waals surface area contributed by atoms with Gasteiger partial charge in [0.2, 0.25) is 5.91 Å². The molecule has 0 spiro atoms. The van der Waals surface area contributed by atoms with E-state index < -0.39 is 27.8 Å². The van der Waals surface area contributed by atoms with E-state index in [1.807, 2.05) is 36.4 Å². The Bertz CT molecular complexity index is 1780. The van der Waals surface area contributed by atoms with Gasteiger partial charge in [-0.3, -0.25) is 13.9 Å². The molecule has 0 unspecified atom stereocenters. The third-order valence-corrected chi connectivity index (χ3v) is 9.29. The largest absolute Gasteiger partial charge is 0.496 e. The smallest absolute Gasteiger partial charge is 0.307 e. The van der Waals surface area contributed by atoms with Crippen LogP contribution in [-0.4, -0.2) is 47.1 Å². The SMILES string of the molecule is COC(=O)CCNc1ccccc1CNC(=O)[C@@H]1Cc2ccccc2N1S(=O)(=O)c1ccc(-c2ccc(F)cc2OC)cc1. The van der Waals surface area contributed by atoms with Crippen molar-refractivity contribution in [2.45, 2.75) is 30.3 Å². The molecule has 0 aliphatic carbocycles. The fourth-order valence-electron chi connectivity index (χ4n) is 5.23.